The highest BCUT2D eigenvalue weighted by Gasteiger charge is 1.92. The van der Waals surface area contributed by atoms with Crippen LogP contribution in [-0.4, -0.2) is 5.84 Å². The molecule has 0 fully saturated rings. The van der Waals surface area contributed by atoms with Gasteiger partial charge in [-0.25, -0.2) is 0 Å². The van der Waals surface area contributed by atoms with Crippen LogP contribution in [0.1, 0.15) is 51.9 Å². The molecule has 0 radical (unpaired) electrons. The van der Waals surface area contributed by atoms with E-state index in [4.69, 9.17) is 11.6 Å². The first kappa shape index (κ1) is 11.3. The van der Waals surface area contributed by atoms with Crippen molar-refractivity contribution in [2.24, 2.45) is 16.7 Å². The van der Waals surface area contributed by atoms with Gasteiger partial charge in [-0.05, 0) is 6.42 Å². The van der Waals surface area contributed by atoms with Crippen LogP contribution in [0.2, 0.25) is 0 Å². The van der Waals surface area contributed by atoms with E-state index in [9.17, 15) is 0 Å². The molecule has 3 nitrogen and oxygen atoms in total. The SMILES string of the molecule is CCCCCCCC/C(N)=N/N. The summed E-state index contributed by atoms with van der Waals surface area (Å²) in [6.07, 6.45) is 8.52. The molecule has 0 saturated carbocycles. The quantitative estimate of drug-likeness (QED) is 0.202. The van der Waals surface area contributed by atoms with Gasteiger partial charge in [-0.1, -0.05) is 39.0 Å². The van der Waals surface area contributed by atoms with Crippen molar-refractivity contribution in [1.82, 2.24) is 0 Å². The molecule has 0 aromatic heterocycles. The molecule has 0 heterocycles. The maximum Gasteiger partial charge on any atom is 0.119 e. The molecule has 12 heavy (non-hydrogen) atoms. The summed E-state index contributed by atoms with van der Waals surface area (Å²) >= 11 is 0. The Morgan fingerprint density at radius 3 is 2.25 bits per heavy atom. The normalized spacial score (nSPS) is 11.9. The minimum absolute atomic E-state index is 0.575. The van der Waals surface area contributed by atoms with E-state index in [1.807, 2.05) is 0 Å². The van der Waals surface area contributed by atoms with Crippen LogP contribution >= 0.6 is 0 Å². The zero-order valence-electron chi connectivity index (χ0n) is 8.05. The van der Waals surface area contributed by atoms with Gasteiger partial charge in [0.1, 0.15) is 5.84 Å². The molecular weight excluding hydrogens is 150 g/mol. The molecule has 0 aromatic rings. The van der Waals surface area contributed by atoms with Crippen LogP contribution < -0.4 is 11.6 Å². The molecule has 0 bridgehead atoms. The van der Waals surface area contributed by atoms with E-state index >= 15 is 0 Å². The summed E-state index contributed by atoms with van der Waals surface area (Å²) in [5.74, 6) is 5.57. The van der Waals surface area contributed by atoms with Crippen molar-refractivity contribution in [3.63, 3.8) is 0 Å². The lowest BCUT2D eigenvalue weighted by Crippen LogP contribution is -2.13. The first-order valence-electron chi connectivity index (χ1n) is 4.83. The predicted octanol–water partition coefficient (Wildman–Crippen LogP) is 1.97. The lowest BCUT2D eigenvalue weighted by molar-refractivity contribution is 0.615. The molecule has 4 N–H and O–H groups in total. The van der Waals surface area contributed by atoms with Crippen LogP contribution in [0, 0.1) is 0 Å². The highest BCUT2D eigenvalue weighted by molar-refractivity contribution is 5.79. The maximum absolute atomic E-state index is 5.44. The van der Waals surface area contributed by atoms with Gasteiger partial charge in [0.25, 0.3) is 0 Å². The summed E-state index contributed by atoms with van der Waals surface area (Å²) in [5.41, 5.74) is 5.44. The Bertz CT molecular complexity index is 121. The Morgan fingerprint density at radius 2 is 1.67 bits per heavy atom. The third-order valence-electron chi connectivity index (χ3n) is 1.95. The fourth-order valence-electron chi connectivity index (χ4n) is 1.15. The average Bonchev–Trinajstić information content (AvgIpc) is 2.10. The molecule has 0 rings (SSSR count). The third kappa shape index (κ3) is 7.38. The molecule has 0 aliphatic rings. The van der Waals surface area contributed by atoms with Gasteiger partial charge in [-0.15, -0.1) is 0 Å². The van der Waals surface area contributed by atoms with Crippen molar-refractivity contribution in [1.29, 1.82) is 0 Å². The van der Waals surface area contributed by atoms with E-state index in [-0.39, 0.29) is 0 Å². The first-order valence-corrected chi connectivity index (χ1v) is 4.83. The molecule has 72 valence electrons. The fraction of sp³-hybridized carbons (Fsp3) is 0.889. The van der Waals surface area contributed by atoms with Gasteiger partial charge in [0.05, 0.1) is 0 Å². The lowest BCUT2D eigenvalue weighted by atomic mass is 10.1. The standard InChI is InChI=1S/C9H21N3/c1-2-3-4-5-6-7-8-9(10)12-11/h2-8,11H2,1H3,(H2,10,12). The topological polar surface area (TPSA) is 64.4 Å². The molecular formula is C9H21N3. The monoisotopic (exact) mass is 171 g/mol. The highest BCUT2D eigenvalue weighted by Crippen LogP contribution is 2.06. The van der Waals surface area contributed by atoms with E-state index in [1.54, 1.807) is 0 Å². The largest absolute Gasteiger partial charge is 0.386 e. The van der Waals surface area contributed by atoms with Crippen LogP contribution in [-0.2, 0) is 0 Å². The van der Waals surface area contributed by atoms with E-state index in [1.165, 1.54) is 32.1 Å². The summed E-state index contributed by atoms with van der Waals surface area (Å²) in [6.45, 7) is 2.22. The van der Waals surface area contributed by atoms with Crippen molar-refractivity contribution in [2.75, 3.05) is 0 Å². The summed E-state index contributed by atoms with van der Waals surface area (Å²) in [7, 11) is 0. The van der Waals surface area contributed by atoms with Gasteiger partial charge in [0, 0.05) is 6.42 Å². The number of unbranched alkanes of at least 4 members (excludes halogenated alkanes) is 5. The van der Waals surface area contributed by atoms with Gasteiger partial charge in [-0.2, -0.15) is 5.10 Å². The molecule has 0 atom stereocenters. The Balaban J connectivity index is 3.00. The molecule has 3 heteroatoms. The molecule has 0 aliphatic carbocycles. The number of nitrogens with two attached hydrogens (primary N) is 2. The van der Waals surface area contributed by atoms with Crippen molar-refractivity contribution >= 4 is 5.84 Å². The second kappa shape index (κ2) is 8.37. The Labute approximate surface area is 75.2 Å². The number of hydrazone groups is 1. The highest BCUT2D eigenvalue weighted by atomic mass is 15.1. The number of hydrogen-bond donors (Lipinski definition) is 2. The van der Waals surface area contributed by atoms with Crippen LogP contribution in [0.15, 0.2) is 5.10 Å². The van der Waals surface area contributed by atoms with Crippen LogP contribution in [0.4, 0.5) is 0 Å². The minimum Gasteiger partial charge on any atom is -0.386 e. The van der Waals surface area contributed by atoms with E-state index < -0.39 is 0 Å². The van der Waals surface area contributed by atoms with Crippen molar-refractivity contribution in [3.05, 3.63) is 0 Å². The van der Waals surface area contributed by atoms with Gasteiger partial charge < -0.3 is 11.6 Å². The minimum atomic E-state index is 0.575. The predicted molar refractivity (Wildman–Crippen MR) is 53.8 cm³/mol. The molecule has 0 amide bonds. The van der Waals surface area contributed by atoms with Crippen LogP contribution in [0.3, 0.4) is 0 Å². The first-order chi connectivity index (χ1) is 5.81. The molecule has 0 saturated heterocycles. The zero-order chi connectivity index (χ0) is 9.23. The molecule has 0 unspecified atom stereocenters. The van der Waals surface area contributed by atoms with Crippen molar-refractivity contribution in [2.45, 2.75) is 51.9 Å². The number of rotatable bonds is 7. The number of hydrogen-bond acceptors (Lipinski definition) is 2. The van der Waals surface area contributed by atoms with E-state index in [0.717, 1.165) is 12.8 Å². The Hall–Kier alpha value is -0.730. The second-order valence-corrected chi connectivity index (χ2v) is 3.14. The maximum atomic E-state index is 5.44. The van der Waals surface area contributed by atoms with Gasteiger partial charge >= 0.3 is 0 Å². The van der Waals surface area contributed by atoms with Gasteiger partial charge in [0.15, 0.2) is 0 Å². The van der Waals surface area contributed by atoms with Crippen LogP contribution in [0.25, 0.3) is 0 Å². The number of amidine groups is 1. The van der Waals surface area contributed by atoms with E-state index in [2.05, 4.69) is 12.0 Å². The lowest BCUT2D eigenvalue weighted by Gasteiger charge is -1.99. The smallest absolute Gasteiger partial charge is 0.119 e. The molecule has 0 aliphatic heterocycles. The second-order valence-electron chi connectivity index (χ2n) is 3.14. The van der Waals surface area contributed by atoms with E-state index in [0.29, 0.717) is 5.84 Å². The Kier molecular flexibility index (Phi) is 7.86. The summed E-state index contributed by atoms with van der Waals surface area (Å²) in [6, 6.07) is 0. The average molecular weight is 171 g/mol. The third-order valence-corrected chi connectivity index (χ3v) is 1.95. The van der Waals surface area contributed by atoms with Crippen molar-refractivity contribution < 1.29 is 0 Å². The zero-order valence-corrected chi connectivity index (χ0v) is 8.05. The molecule has 0 aromatic carbocycles. The van der Waals surface area contributed by atoms with Gasteiger partial charge in [0.2, 0.25) is 0 Å². The number of nitrogens with zero attached hydrogens (tertiary/aromatic N) is 1. The molecule has 0 spiro atoms. The Morgan fingerprint density at radius 1 is 1.08 bits per heavy atom. The summed E-state index contributed by atoms with van der Waals surface area (Å²) in [5, 5.41) is 3.42. The summed E-state index contributed by atoms with van der Waals surface area (Å²) in [4.78, 5) is 0. The van der Waals surface area contributed by atoms with Crippen LogP contribution in [0.5, 0.6) is 0 Å². The van der Waals surface area contributed by atoms with Crippen molar-refractivity contribution in [3.8, 4) is 0 Å². The fourth-order valence-corrected chi connectivity index (χ4v) is 1.15. The van der Waals surface area contributed by atoms with Gasteiger partial charge in [-0.3, -0.25) is 0 Å². The summed E-state index contributed by atoms with van der Waals surface area (Å²) < 4.78 is 0.